The Morgan fingerprint density at radius 3 is 2.07 bits per heavy atom. The molecule has 28 heavy (non-hydrogen) atoms. The third-order valence-corrected chi connectivity index (χ3v) is 4.53. The Labute approximate surface area is 167 Å². The summed E-state index contributed by atoms with van der Waals surface area (Å²) in [5, 5.41) is 12.1. The van der Waals surface area contributed by atoms with Crippen molar-refractivity contribution in [1.29, 1.82) is 0 Å². The van der Waals surface area contributed by atoms with E-state index in [2.05, 4.69) is 10.0 Å². The topological polar surface area (TPSA) is 78.4 Å². The highest BCUT2D eigenvalue weighted by atomic mass is 32.2. The van der Waals surface area contributed by atoms with Gasteiger partial charge in [-0.25, -0.2) is 0 Å². The number of rotatable bonds is 6. The monoisotopic (exact) mass is 390 g/mol. The van der Waals surface area contributed by atoms with Crippen LogP contribution in [0.25, 0.3) is 6.08 Å². The molecule has 0 unspecified atom stereocenters. The Hall–Kier alpha value is -3.51. The van der Waals surface area contributed by atoms with E-state index in [1.807, 2.05) is 36.4 Å². The zero-order valence-corrected chi connectivity index (χ0v) is 15.6. The predicted molar refractivity (Wildman–Crippen MR) is 110 cm³/mol. The minimum absolute atomic E-state index is 0.1000. The van der Waals surface area contributed by atoms with Crippen LogP contribution in [0.3, 0.4) is 0 Å². The molecule has 140 valence electrons. The van der Waals surface area contributed by atoms with Crippen LogP contribution in [0.1, 0.15) is 15.9 Å². The highest BCUT2D eigenvalue weighted by Gasteiger charge is 2.15. The van der Waals surface area contributed by atoms with Crippen molar-refractivity contribution >= 4 is 29.8 Å². The Morgan fingerprint density at radius 1 is 0.821 bits per heavy atom. The average Bonchev–Trinajstić information content (AvgIpc) is 2.74. The van der Waals surface area contributed by atoms with Crippen LogP contribution >= 0.6 is 11.9 Å². The molecule has 0 heterocycles. The Morgan fingerprint density at radius 2 is 1.43 bits per heavy atom. The number of benzene rings is 3. The normalized spacial score (nSPS) is 10.9. The second-order valence-electron chi connectivity index (χ2n) is 5.82. The van der Waals surface area contributed by atoms with Crippen LogP contribution < -0.4 is 10.0 Å². The van der Waals surface area contributed by atoms with E-state index in [4.69, 9.17) is 0 Å². The minimum atomic E-state index is -0.439. The first kappa shape index (κ1) is 19.3. The molecule has 0 aliphatic heterocycles. The van der Waals surface area contributed by atoms with Crippen molar-refractivity contribution in [3.63, 3.8) is 0 Å². The summed E-state index contributed by atoms with van der Waals surface area (Å²) in [5.41, 5.74) is 1.21. The van der Waals surface area contributed by atoms with Crippen LogP contribution in [0.4, 0.5) is 0 Å². The molecule has 0 aromatic heterocycles. The van der Waals surface area contributed by atoms with Crippen molar-refractivity contribution in [1.82, 2.24) is 10.0 Å². The number of amides is 2. The summed E-state index contributed by atoms with van der Waals surface area (Å²) in [4.78, 5) is 26.1. The highest BCUT2D eigenvalue weighted by molar-refractivity contribution is 7.98. The minimum Gasteiger partial charge on any atom is -0.508 e. The fourth-order valence-corrected chi connectivity index (χ4v) is 2.94. The molecule has 0 radical (unpaired) electrons. The van der Waals surface area contributed by atoms with Gasteiger partial charge in [0, 0.05) is 10.5 Å². The summed E-state index contributed by atoms with van der Waals surface area (Å²) in [6.45, 7) is 0. The molecule has 3 aromatic rings. The van der Waals surface area contributed by atoms with Crippen molar-refractivity contribution in [2.75, 3.05) is 0 Å². The zero-order chi connectivity index (χ0) is 19.8. The second-order valence-corrected chi connectivity index (χ2v) is 6.70. The Balaban J connectivity index is 1.80. The first-order chi connectivity index (χ1) is 13.6. The maximum absolute atomic E-state index is 12.7. The maximum Gasteiger partial charge on any atom is 0.277 e. The standard InChI is InChI=1S/C22H18N2O3S/c25-18-13-11-16(12-14-18)15-20(23-21(26)17-7-3-1-4-8-17)22(27)24-28-19-9-5-2-6-10-19/h1-15,25H,(H,23,26)(H,24,27)/b20-15-. The molecule has 3 N–H and O–H groups in total. The van der Waals surface area contributed by atoms with Crippen LogP contribution in [0.2, 0.25) is 0 Å². The molecule has 0 atom stereocenters. The number of carbonyl (C=O) groups excluding carboxylic acids is 2. The van der Waals surface area contributed by atoms with Crippen LogP contribution in [-0.4, -0.2) is 16.9 Å². The SMILES string of the molecule is O=C(NSc1ccccc1)/C(=C/c1ccc(O)cc1)NC(=O)c1ccccc1. The lowest BCUT2D eigenvalue weighted by atomic mass is 10.1. The summed E-state index contributed by atoms with van der Waals surface area (Å²) < 4.78 is 2.73. The fraction of sp³-hybridized carbons (Fsp3) is 0. The largest absolute Gasteiger partial charge is 0.508 e. The molecular formula is C22H18N2O3S. The lowest BCUT2D eigenvalue weighted by molar-refractivity contribution is -0.115. The van der Waals surface area contributed by atoms with Gasteiger partial charge >= 0.3 is 0 Å². The Bertz CT molecular complexity index is 972. The van der Waals surface area contributed by atoms with Gasteiger partial charge in [-0.1, -0.05) is 48.5 Å². The first-order valence-corrected chi connectivity index (χ1v) is 9.33. The molecule has 6 heteroatoms. The van der Waals surface area contributed by atoms with E-state index in [9.17, 15) is 14.7 Å². The quantitative estimate of drug-likeness (QED) is 0.439. The van der Waals surface area contributed by atoms with Crippen molar-refractivity contribution in [2.45, 2.75) is 4.90 Å². The van der Waals surface area contributed by atoms with E-state index in [0.717, 1.165) is 16.8 Å². The molecular weight excluding hydrogens is 372 g/mol. The second kappa shape index (κ2) is 9.43. The molecule has 5 nitrogen and oxygen atoms in total. The van der Waals surface area contributed by atoms with Gasteiger partial charge in [-0.2, -0.15) is 0 Å². The number of phenols is 1. The van der Waals surface area contributed by atoms with Gasteiger partial charge in [-0.05, 0) is 60.0 Å². The number of hydrogen-bond donors (Lipinski definition) is 3. The van der Waals surface area contributed by atoms with Crippen molar-refractivity contribution < 1.29 is 14.7 Å². The smallest absolute Gasteiger partial charge is 0.277 e. The number of hydrogen-bond acceptors (Lipinski definition) is 4. The average molecular weight is 390 g/mol. The van der Waals surface area contributed by atoms with Crippen molar-refractivity contribution in [3.8, 4) is 5.75 Å². The van der Waals surface area contributed by atoms with Gasteiger partial charge in [0.1, 0.15) is 11.4 Å². The molecule has 0 fully saturated rings. The third-order valence-electron chi connectivity index (χ3n) is 3.74. The third kappa shape index (κ3) is 5.49. The van der Waals surface area contributed by atoms with Gasteiger partial charge < -0.3 is 10.4 Å². The summed E-state index contributed by atoms with van der Waals surface area (Å²) in [6.07, 6.45) is 1.56. The zero-order valence-electron chi connectivity index (χ0n) is 14.8. The number of carbonyl (C=O) groups is 2. The van der Waals surface area contributed by atoms with E-state index < -0.39 is 5.91 Å². The summed E-state index contributed by atoms with van der Waals surface area (Å²) in [6, 6.07) is 24.4. The van der Waals surface area contributed by atoms with E-state index in [0.29, 0.717) is 11.1 Å². The maximum atomic E-state index is 12.7. The lowest BCUT2D eigenvalue weighted by Crippen LogP contribution is -2.32. The number of phenolic OH excluding ortho intramolecular Hbond substituents is 1. The molecule has 0 aliphatic rings. The van der Waals surface area contributed by atoms with Gasteiger partial charge in [0.15, 0.2) is 0 Å². The molecule has 0 bridgehead atoms. The van der Waals surface area contributed by atoms with Gasteiger partial charge in [-0.3, -0.25) is 14.3 Å². The summed E-state index contributed by atoms with van der Waals surface area (Å²) in [7, 11) is 0. The molecule has 3 aromatic carbocycles. The molecule has 0 saturated heterocycles. The van der Waals surface area contributed by atoms with Crippen LogP contribution in [0.15, 0.2) is 95.5 Å². The summed E-state index contributed by atoms with van der Waals surface area (Å²) >= 11 is 1.16. The molecule has 0 saturated carbocycles. The number of aromatic hydroxyl groups is 1. The van der Waals surface area contributed by atoms with E-state index in [-0.39, 0.29) is 17.4 Å². The Kier molecular flexibility index (Phi) is 6.49. The van der Waals surface area contributed by atoms with Crippen LogP contribution in [0, 0.1) is 0 Å². The van der Waals surface area contributed by atoms with Gasteiger partial charge in [-0.15, -0.1) is 0 Å². The fourth-order valence-electron chi connectivity index (χ4n) is 2.33. The molecule has 0 aliphatic carbocycles. The van der Waals surface area contributed by atoms with Crippen LogP contribution in [-0.2, 0) is 4.79 Å². The van der Waals surface area contributed by atoms with E-state index in [1.165, 1.54) is 12.1 Å². The number of nitrogens with one attached hydrogen (secondary N) is 2. The van der Waals surface area contributed by atoms with E-state index >= 15 is 0 Å². The van der Waals surface area contributed by atoms with Gasteiger partial charge in [0.2, 0.25) is 0 Å². The van der Waals surface area contributed by atoms with Crippen molar-refractivity contribution in [2.24, 2.45) is 0 Å². The van der Waals surface area contributed by atoms with Gasteiger partial charge in [0.25, 0.3) is 11.8 Å². The highest BCUT2D eigenvalue weighted by Crippen LogP contribution is 2.16. The summed E-state index contributed by atoms with van der Waals surface area (Å²) in [5.74, 6) is -0.701. The lowest BCUT2D eigenvalue weighted by Gasteiger charge is -2.11. The predicted octanol–water partition coefficient (Wildman–Crippen LogP) is 3.99. The molecule has 3 rings (SSSR count). The van der Waals surface area contributed by atoms with Crippen molar-refractivity contribution in [3.05, 3.63) is 102 Å². The molecule has 0 spiro atoms. The molecule has 2 amide bonds. The first-order valence-electron chi connectivity index (χ1n) is 8.51. The van der Waals surface area contributed by atoms with Gasteiger partial charge in [0.05, 0.1) is 0 Å². The van der Waals surface area contributed by atoms with Crippen LogP contribution in [0.5, 0.6) is 5.75 Å². The van der Waals surface area contributed by atoms with E-state index in [1.54, 1.807) is 42.5 Å².